The Morgan fingerprint density at radius 1 is 1.05 bits per heavy atom. The molecular weight excluding hydrogens is 564 g/mol. The number of carboxylic acids is 1. The highest BCUT2D eigenvalue weighted by Gasteiger charge is 2.36. The molecule has 17 nitrogen and oxygen atoms in total. The number of primary amides is 1. The minimum Gasteiger partial charge on any atom is -0.481 e. The minimum atomic E-state index is -1.58. The van der Waals surface area contributed by atoms with E-state index in [-0.39, 0.29) is 18.1 Å². The summed E-state index contributed by atoms with van der Waals surface area (Å²) in [6.45, 7) is 0.838. The van der Waals surface area contributed by atoms with Crippen LogP contribution in [0.1, 0.15) is 31.9 Å². The van der Waals surface area contributed by atoms with Gasteiger partial charge in [-0.15, -0.1) is 0 Å². The van der Waals surface area contributed by atoms with Crippen molar-refractivity contribution in [3.63, 3.8) is 0 Å². The molecule has 9 N–H and O–H groups in total. The van der Waals surface area contributed by atoms with Crippen LogP contribution in [-0.4, -0.2) is 116 Å². The number of imidazole rings is 1. The number of amides is 6. The molecule has 1 aliphatic heterocycles. The van der Waals surface area contributed by atoms with E-state index in [1.54, 1.807) is 0 Å². The van der Waals surface area contributed by atoms with Gasteiger partial charge in [-0.25, -0.2) is 4.98 Å². The van der Waals surface area contributed by atoms with Crippen LogP contribution in [0.2, 0.25) is 0 Å². The van der Waals surface area contributed by atoms with Gasteiger partial charge in [-0.1, -0.05) is 0 Å². The van der Waals surface area contributed by atoms with E-state index in [0.29, 0.717) is 25.1 Å². The molecule has 41 heavy (non-hydrogen) atoms. The van der Waals surface area contributed by atoms with Gasteiger partial charge in [0.2, 0.25) is 35.4 Å². The number of aliphatic hydroxyl groups is 1. The topological polar surface area (TPSA) is 266 Å². The number of thiol groups is 1. The molecular formula is C23H34N8O9S. The maximum atomic E-state index is 13.2. The average molecular weight is 599 g/mol. The molecule has 6 amide bonds. The zero-order chi connectivity index (χ0) is 30.7. The molecule has 1 aliphatic rings. The number of aliphatic hydroxyl groups excluding tert-OH is 1. The molecule has 1 aromatic rings. The molecule has 0 radical (unpaired) electrons. The van der Waals surface area contributed by atoms with E-state index >= 15 is 0 Å². The Labute approximate surface area is 239 Å². The van der Waals surface area contributed by atoms with Crippen LogP contribution in [0.5, 0.6) is 0 Å². The number of carbonyl (C=O) groups excluding carboxylic acids is 6. The lowest BCUT2D eigenvalue weighted by Gasteiger charge is -2.27. The molecule has 0 unspecified atom stereocenters. The molecule has 226 valence electrons. The van der Waals surface area contributed by atoms with Gasteiger partial charge >= 0.3 is 5.97 Å². The summed E-state index contributed by atoms with van der Waals surface area (Å²) >= 11 is 3.98. The monoisotopic (exact) mass is 598 g/mol. The van der Waals surface area contributed by atoms with Gasteiger partial charge in [0.15, 0.2) is 0 Å². The second kappa shape index (κ2) is 15.6. The SMILES string of the molecule is CC(=O)N1CCC[C@H]1C(=O)N[C@@H](Cc1cnc[nH]1)C(=O)N[C@@H](CO)C(=O)N[C@@H](CS)C(=O)N[C@@H](CC(=O)O)C(N)=O. The van der Waals surface area contributed by atoms with Crippen LogP contribution in [0, 0.1) is 0 Å². The number of likely N-dealkylation sites (tertiary alicyclic amines) is 1. The third-order valence-electron chi connectivity index (χ3n) is 6.24. The molecule has 0 aliphatic carbocycles. The van der Waals surface area contributed by atoms with Gasteiger partial charge in [-0.3, -0.25) is 33.6 Å². The molecule has 18 heteroatoms. The number of hydrogen-bond acceptors (Lipinski definition) is 10. The number of hydrogen-bond donors (Lipinski definition) is 9. The lowest BCUT2D eigenvalue weighted by molar-refractivity contribution is -0.140. The lowest BCUT2D eigenvalue weighted by atomic mass is 10.1. The molecule has 1 fully saturated rings. The third kappa shape index (κ3) is 9.75. The Morgan fingerprint density at radius 2 is 1.66 bits per heavy atom. The van der Waals surface area contributed by atoms with Crippen molar-refractivity contribution in [2.45, 2.75) is 62.8 Å². The van der Waals surface area contributed by atoms with E-state index in [9.17, 15) is 38.7 Å². The lowest BCUT2D eigenvalue weighted by Crippen LogP contribution is -2.60. The number of rotatable bonds is 15. The zero-order valence-electron chi connectivity index (χ0n) is 22.2. The van der Waals surface area contributed by atoms with E-state index in [2.05, 4.69) is 43.9 Å². The van der Waals surface area contributed by atoms with E-state index < -0.39 is 78.7 Å². The summed E-state index contributed by atoms with van der Waals surface area (Å²) in [6, 6.07) is -6.55. The first-order chi connectivity index (χ1) is 19.4. The van der Waals surface area contributed by atoms with E-state index in [0.717, 1.165) is 0 Å². The molecule has 2 heterocycles. The fourth-order valence-corrected chi connectivity index (χ4v) is 4.37. The van der Waals surface area contributed by atoms with Crippen LogP contribution in [0.4, 0.5) is 0 Å². The van der Waals surface area contributed by atoms with Crippen molar-refractivity contribution in [2.24, 2.45) is 5.73 Å². The van der Waals surface area contributed by atoms with Crippen LogP contribution in [0.25, 0.3) is 0 Å². The first-order valence-electron chi connectivity index (χ1n) is 12.6. The molecule has 2 rings (SSSR count). The van der Waals surface area contributed by atoms with Gasteiger partial charge in [0.05, 0.1) is 19.4 Å². The normalized spacial score (nSPS) is 17.4. The van der Waals surface area contributed by atoms with Crippen molar-refractivity contribution < 1.29 is 43.8 Å². The van der Waals surface area contributed by atoms with Gasteiger partial charge in [0.25, 0.3) is 0 Å². The first-order valence-corrected chi connectivity index (χ1v) is 13.2. The number of aliphatic carboxylic acids is 1. The third-order valence-corrected chi connectivity index (χ3v) is 6.61. The number of nitrogens with two attached hydrogens (primary N) is 1. The molecule has 0 saturated carbocycles. The van der Waals surface area contributed by atoms with Crippen molar-refractivity contribution in [1.29, 1.82) is 0 Å². The Balaban J connectivity index is 2.11. The summed E-state index contributed by atoms with van der Waals surface area (Å²) in [6.07, 6.45) is 2.95. The first kappa shape index (κ1) is 33.0. The van der Waals surface area contributed by atoms with E-state index in [1.807, 2.05) is 0 Å². The standard InChI is InChI=1S/C23H34N8O9S/c1-11(33)31-4-2-3-17(31)23(40)28-14(5-12-7-25-10-26-12)20(37)29-15(8-32)21(38)30-16(9-41)22(39)27-13(19(24)36)6-18(34)35/h7,10,13-17,32,41H,2-6,8-9H2,1H3,(H2,24,36)(H,25,26)(H,27,39)(H,28,40)(H,29,37)(H,30,38)(H,34,35)/t13-,14-,15-,16-,17-/m0/s1. The largest absolute Gasteiger partial charge is 0.481 e. The number of H-pyrrole nitrogens is 1. The maximum Gasteiger partial charge on any atom is 0.305 e. The number of aromatic nitrogens is 2. The van der Waals surface area contributed by atoms with Crippen molar-refractivity contribution in [2.75, 3.05) is 18.9 Å². The average Bonchev–Trinajstić information content (AvgIpc) is 3.61. The highest BCUT2D eigenvalue weighted by molar-refractivity contribution is 7.80. The second-order valence-electron chi connectivity index (χ2n) is 9.26. The van der Waals surface area contributed by atoms with E-state index in [4.69, 9.17) is 10.8 Å². The van der Waals surface area contributed by atoms with Gasteiger partial charge in [-0.05, 0) is 12.8 Å². The maximum absolute atomic E-state index is 13.2. The van der Waals surface area contributed by atoms with Crippen molar-refractivity contribution >= 4 is 54.0 Å². The fourth-order valence-electron chi connectivity index (χ4n) is 4.11. The molecule has 0 aromatic carbocycles. The number of carbonyl (C=O) groups is 7. The summed E-state index contributed by atoms with van der Waals surface area (Å²) in [5.41, 5.74) is 5.59. The minimum absolute atomic E-state index is 0.0656. The summed E-state index contributed by atoms with van der Waals surface area (Å²) in [7, 11) is 0. The van der Waals surface area contributed by atoms with Crippen LogP contribution < -0.4 is 27.0 Å². The summed E-state index contributed by atoms with van der Waals surface area (Å²) in [5.74, 6) is -6.50. The Bertz CT molecular complexity index is 1130. The molecule has 5 atom stereocenters. The van der Waals surface area contributed by atoms with Crippen LogP contribution in [-0.2, 0) is 40.0 Å². The number of nitrogens with zero attached hydrogens (tertiary/aromatic N) is 2. The summed E-state index contributed by atoms with van der Waals surface area (Å²) in [4.78, 5) is 93.9. The predicted octanol–water partition coefficient (Wildman–Crippen LogP) is -4.22. The van der Waals surface area contributed by atoms with Gasteiger partial charge in [0, 0.05) is 37.5 Å². The smallest absolute Gasteiger partial charge is 0.305 e. The number of nitrogens with one attached hydrogen (secondary N) is 5. The summed E-state index contributed by atoms with van der Waals surface area (Å²) < 4.78 is 0. The highest BCUT2D eigenvalue weighted by atomic mass is 32.1. The molecule has 0 bridgehead atoms. The molecule has 1 aromatic heterocycles. The van der Waals surface area contributed by atoms with Gasteiger partial charge < -0.3 is 47.1 Å². The van der Waals surface area contributed by atoms with Crippen LogP contribution in [0.3, 0.4) is 0 Å². The summed E-state index contributed by atoms with van der Waals surface area (Å²) in [5, 5.41) is 28.0. The predicted molar refractivity (Wildman–Crippen MR) is 143 cm³/mol. The number of carboxylic acid groups (broad SMARTS) is 1. The zero-order valence-corrected chi connectivity index (χ0v) is 23.1. The van der Waals surface area contributed by atoms with Crippen molar-refractivity contribution in [3.8, 4) is 0 Å². The van der Waals surface area contributed by atoms with Gasteiger partial charge in [0.1, 0.15) is 30.2 Å². The quantitative estimate of drug-likeness (QED) is 0.0878. The number of aromatic amines is 1. The van der Waals surface area contributed by atoms with E-state index in [1.165, 1.54) is 24.3 Å². The van der Waals surface area contributed by atoms with Crippen molar-refractivity contribution in [1.82, 2.24) is 36.1 Å². The highest BCUT2D eigenvalue weighted by Crippen LogP contribution is 2.17. The Morgan fingerprint density at radius 3 is 2.20 bits per heavy atom. The Kier molecular flexibility index (Phi) is 12.5. The van der Waals surface area contributed by atoms with Crippen LogP contribution >= 0.6 is 12.6 Å². The second-order valence-corrected chi connectivity index (χ2v) is 9.63. The van der Waals surface area contributed by atoms with Gasteiger partial charge in [-0.2, -0.15) is 12.6 Å². The van der Waals surface area contributed by atoms with Crippen LogP contribution in [0.15, 0.2) is 12.5 Å². The molecule has 0 spiro atoms. The molecule has 1 saturated heterocycles. The van der Waals surface area contributed by atoms with Crippen molar-refractivity contribution in [3.05, 3.63) is 18.2 Å². The Hall–Kier alpha value is -4.19. The fraction of sp³-hybridized carbons (Fsp3) is 0.565.